The molecule has 11 nitrogen and oxygen atoms in total. The van der Waals surface area contributed by atoms with Crippen LogP contribution in [0.5, 0.6) is 0 Å². The normalized spacial score (nSPS) is 24.8. The van der Waals surface area contributed by atoms with Crippen LogP contribution in [-0.2, 0) is 38.0 Å². The van der Waals surface area contributed by atoms with Crippen LogP contribution in [0, 0.1) is 11.8 Å². The highest BCUT2D eigenvalue weighted by Crippen LogP contribution is 2.42. The lowest BCUT2D eigenvalue weighted by Gasteiger charge is -2.40. The molecule has 4 fully saturated rings. The van der Waals surface area contributed by atoms with Crippen LogP contribution in [0.4, 0.5) is 0 Å². The summed E-state index contributed by atoms with van der Waals surface area (Å²) in [7, 11) is 1.00. The van der Waals surface area contributed by atoms with Gasteiger partial charge in [-0.15, -0.1) is 0 Å². The molecule has 0 radical (unpaired) electrons. The lowest BCUT2D eigenvalue weighted by molar-refractivity contribution is -0.203. The van der Waals surface area contributed by atoms with E-state index in [0.717, 1.165) is 20.0 Å². The number of ether oxygens (including phenoxy) is 6. The molecule has 2 spiro atoms. The van der Waals surface area contributed by atoms with Crippen molar-refractivity contribution in [3.63, 3.8) is 0 Å². The van der Waals surface area contributed by atoms with Crippen LogP contribution in [0.3, 0.4) is 0 Å². The number of hydrogen-bond acceptors (Lipinski definition) is 11. The smallest absolute Gasteiger partial charge is 0.317 e. The second-order valence-corrected chi connectivity index (χ2v) is 10.4. The topological polar surface area (TPSA) is 150 Å². The first kappa shape index (κ1) is 37.2. The van der Waals surface area contributed by atoms with E-state index in [0.29, 0.717) is 97.4 Å². The van der Waals surface area contributed by atoms with Gasteiger partial charge in [0, 0.05) is 39.2 Å². The minimum atomic E-state index is -1.03. The van der Waals surface area contributed by atoms with Gasteiger partial charge >= 0.3 is 11.9 Å². The van der Waals surface area contributed by atoms with Crippen molar-refractivity contribution in [2.24, 2.45) is 0 Å². The van der Waals surface area contributed by atoms with E-state index in [1.807, 2.05) is 0 Å². The Morgan fingerprint density at radius 1 is 0.732 bits per heavy atom. The monoisotopic (exact) mass is 588 g/mol. The van der Waals surface area contributed by atoms with Gasteiger partial charge in [-0.05, 0) is 52.4 Å². The van der Waals surface area contributed by atoms with E-state index in [1.54, 1.807) is 13.8 Å². The van der Waals surface area contributed by atoms with Gasteiger partial charge in [-0.3, -0.25) is 9.59 Å². The van der Waals surface area contributed by atoms with Gasteiger partial charge < -0.3 is 43.7 Å². The maximum Gasteiger partial charge on any atom is 0.317 e. The van der Waals surface area contributed by atoms with Gasteiger partial charge in [-0.2, -0.15) is 0 Å². The molecule has 4 rings (SSSR count). The third-order valence-electron chi connectivity index (χ3n) is 7.60. The van der Waals surface area contributed by atoms with Crippen molar-refractivity contribution in [3.8, 4) is 11.8 Å². The Balaban J connectivity index is 0.000000378. The van der Waals surface area contributed by atoms with Gasteiger partial charge in [0.2, 0.25) is 0 Å². The highest BCUT2D eigenvalue weighted by Gasteiger charge is 2.46. The van der Waals surface area contributed by atoms with Crippen molar-refractivity contribution in [1.82, 2.24) is 0 Å². The van der Waals surface area contributed by atoms with E-state index in [1.165, 1.54) is 0 Å². The summed E-state index contributed by atoms with van der Waals surface area (Å²) < 4.78 is 32.1. The first-order valence-electron chi connectivity index (χ1n) is 14.4. The maximum atomic E-state index is 11.2. The lowest BCUT2D eigenvalue weighted by atomic mass is 9.78. The van der Waals surface area contributed by atoms with E-state index >= 15 is 0 Å². The van der Waals surface area contributed by atoms with Crippen LogP contribution >= 0.6 is 0 Å². The molecule has 2 saturated carbocycles. The molecule has 0 unspecified atom stereocenters. The molecule has 41 heavy (non-hydrogen) atoms. The predicted molar refractivity (Wildman–Crippen MR) is 150 cm³/mol. The average molecular weight is 589 g/mol. The minimum Gasteiger partial charge on any atom is -0.466 e. The Labute approximate surface area is 245 Å². The van der Waals surface area contributed by atoms with E-state index in [-0.39, 0.29) is 25.8 Å². The fraction of sp³-hybridized carbons (Fsp3) is 0.867. The Morgan fingerprint density at radius 2 is 1.17 bits per heavy atom. The standard InChI is InChI=1S/C14H24O5.C14H20O5.CH4O.CH4/c2*1-2-17-12(15)4-3-5-13(16)6-8-14(9-7-13)18-10-11-19-14;1-2;/h16H,2-11H2,1H3;16H,2,4,6-11H2,1H3;2H,1H3;1H4. The fourth-order valence-corrected chi connectivity index (χ4v) is 5.37. The number of hydrogen-bond donors (Lipinski definition) is 3. The Bertz CT molecular complexity index is 815. The van der Waals surface area contributed by atoms with Crippen molar-refractivity contribution < 1.29 is 53.3 Å². The van der Waals surface area contributed by atoms with Crippen LogP contribution < -0.4 is 0 Å². The van der Waals surface area contributed by atoms with Gasteiger partial charge in [0.15, 0.2) is 11.6 Å². The van der Waals surface area contributed by atoms with Crippen molar-refractivity contribution in [3.05, 3.63) is 0 Å². The first-order valence-corrected chi connectivity index (χ1v) is 14.4. The summed E-state index contributed by atoms with van der Waals surface area (Å²) in [4.78, 5) is 22.4. The van der Waals surface area contributed by atoms with Crippen molar-refractivity contribution in [2.75, 3.05) is 46.8 Å². The van der Waals surface area contributed by atoms with Gasteiger partial charge in [0.05, 0.1) is 45.2 Å². The molecular weight excluding hydrogens is 536 g/mol. The molecule has 0 aromatic rings. The number of aliphatic hydroxyl groups is 3. The van der Waals surface area contributed by atoms with Gasteiger partial charge in [-0.1, -0.05) is 19.3 Å². The average Bonchev–Trinajstić information content (AvgIpc) is 3.61. The van der Waals surface area contributed by atoms with Gasteiger partial charge in [0.1, 0.15) is 12.0 Å². The fourth-order valence-electron chi connectivity index (χ4n) is 5.37. The van der Waals surface area contributed by atoms with E-state index in [9.17, 15) is 19.8 Å². The molecular formula is C30H52O11. The van der Waals surface area contributed by atoms with Gasteiger partial charge in [-0.25, -0.2) is 0 Å². The van der Waals surface area contributed by atoms with Crippen LogP contribution in [0.2, 0.25) is 0 Å². The molecule has 4 aliphatic rings. The Hall–Kier alpha value is -1.78. The molecule has 0 atom stereocenters. The van der Waals surface area contributed by atoms with Gasteiger partial charge in [0.25, 0.3) is 0 Å². The van der Waals surface area contributed by atoms with Crippen LogP contribution in [0.1, 0.15) is 98.3 Å². The first-order chi connectivity index (χ1) is 19.2. The summed E-state index contributed by atoms with van der Waals surface area (Å²) in [5, 5.41) is 27.8. The Kier molecular flexibility index (Phi) is 16.4. The third-order valence-corrected chi connectivity index (χ3v) is 7.60. The second-order valence-electron chi connectivity index (χ2n) is 10.4. The molecule has 0 aromatic carbocycles. The second kappa shape index (κ2) is 18.0. The summed E-state index contributed by atoms with van der Waals surface area (Å²) in [6.45, 7) is 6.86. The summed E-state index contributed by atoms with van der Waals surface area (Å²) in [6.07, 6.45) is 6.83. The molecule has 0 bridgehead atoms. The predicted octanol–water partition coefficient (Wildman–Crippen LogP) is 3.00. The third kappa shape index (κ3) is 12.2. The van der Waals surface area contributed by atoms with Crippen molar-refractivity contribution in [1.29, 1.82) is 0 Å². The molecule has 2 aliphatic heterocycles. The summed E-state index contributed by atoms with van der Waals surface area (Å²) in [5.41, 5.74) is -1.71. The number of carbonyl (C=O) groups excluding carboxylic acids is 2. The summed E-state index contributed by atoms with van der Waals surface area (Å²) in [6, 6.07) is 0. The Morgan fingerprint density at radius 3 is 1.63 bits per heavy atom. The number of carbonyl (C=O) groups is 2. The highest BCUT2D eigenvalue weighted by molar-refractivity contribution is 5.72. The summed E-state index contributed by atoms with van der Waals surface area (Å²) >= 11 is 0. The molecule has 3 N–H and O–H groups in total. The van der Waals surface area contributed by atoms with E-state index < -0.39 is 22.8 Å². The number of rotatable bonds is 7. The highest BCUT2D eigenvalue weighted by atomic mass is 16.7. The van der Waals surface area contributed by atoms with Crippen LogP contribution in [0.25, 0.3) is 0 Å². The van der Waals surface area contributed by atoms with Crippen LogP contribution in [0.15, 0.2) is 0 Å². The zero-order valence-corrected chi connectivity index (χ0v) is 24.3. The van der Waals surface area contributed by atoms with Crippen molar-refractivity contribution >= 4 is 11.9 Å². The van der Waals surface area contributed by atoms with E-state index in [2.05, 4.69) is 11.8 Å². The molecule has 2 aliphatic carbocycles. The molecule has 238 valence electrons. The van der Waals surface area contributed by atoms with Crippen LogP contribution in [-0.4, -0.2) is 96.8 Å². The molecule has 0 aromatic heterocycles. The minimum absolute atomic E-state index is 0. The van der Waals surface area contributed by atoms with E-state index in [4.69, 9.17) is 33.5 Å². The lowest BCUT2D eigenvalue weighted by Crippen LogP contribution is -2.43. The largest absolute Gasteiger partial charge is 0.466 e. The number of esters is 2. The molecule has 11 heteroatoms. The zero-order valence-electron chi connectivity index (χ0n) is 24.3. The zero-order chi connectivity index (χ0) is 29.5. The maximum absolute atomic E-state index is 11.2. The SMILES string of the molecule is C.CCOC(=O)CC#CC1(O)CCC2(CC1)OCCO2.CCOC(=O)CCCC1(O)CCC2(CC1)OCCO2.CO. The quantitative estimate of drug-likeness (QED) is 0.297. The molecule has 2 heterocycles. The van der Waals surface area contributed by atoms with Crippen molar-refractivity contribution in [2.45, 2.75) is 121 Å². The number of aliphatic hydroxyl groups excluding tert-OH is 1. The summed E-state index contributed by atoms with van der Waals surface area (Å²) in [5.74, 6) is 4.02. The molecule has 0 amide bonds. The molecule has 2 saturated heterocycles.